The summed E-state index contributed by atoms with van der Waals surface area (Å²) in [6.07, 6.45) is 1.60. The van der Waals surface area contributed by atoms with E-state index >= 15 is 0 Å². The number of rotatable bonds is 4. The van der Waals surface area contributed by atoms with Crippen LogP contribution in [0.1, 0.15) is 79.4 Å². The molecular formula is C28H38B2O4. The second-order valence-electron chi connectivity index (χ2n) is 12.1. The Labute approximate surface area is 206 Å². The number of benzene rings is 2. The molecule has 0 unspecified atom stereocenters. The highest BCUT2D eigenvalue weighted by molar-refractivity contribution is 6.82. The number of hydrogen-bond donors (Lipinski definition) is 0. The Hall–Kier alpha value is -1.85. The van der Waals surface area contributed by atoms with E-state index in [-0.39, 0.29) is 22.4 Å². The number of hydrogen-bond acceptors (Lipinski definition) is 4. The molecule has 6 heteroatoms. The van der Waals surface area contributed by atoms with Crippen LogP contribution in [0.3, 0.4) is 0 Å². The van der Waals surface area contributed by atoms with Crippen LogP contribution in [0.5, 0.6) is 0 Å². The molecule has 0 amide bonds. The molecule has 34 heavy (non-hydrogen) atoms. The monoisotopic (exact) mass is 460 g/mol. The largest absolute Gasteiger partial charge is 0.494 e. The first kappa shape index (κ1) is 25.2. The van der Waals surface area contributed by atoms with Gasteiger partial charge in [0, 0.05) is 12.8 Å². The molecule has 2 saturated heterocycles. The highest BCUT2D eigenvalue weighted by Crippen LogP contribution is 2.43. The Bertz CT molecular complexity index is 913. The van der Waals surface area contributed by atoms with Gasteiger partial charge in [-0.25, -0.2) is 0 Å². The van der Waals surface area contributed by atoms with E-state index in [4.69, 9.17) is 18.6 Å². The van der Waals surface area contributed by atoms with Crippen LogP contribution in [-0.2, 0) is 18.6 Å². The summed E-state index contributed by atoms with van der Waals surface area (Å²) in [6, 6.07) is 20.7. The van der Waals surface area contributed by atoms with E-state index in [2.05, 4.69) is 79.7 Å². The van der Waals surface area contributed by atoms with Gasteiger partial charge in [0.2, 0.25) is 0 Å². The molecule has 0 atom stereocenters. The molecule has 2 aliphatic rings. The average molecular weight is 460 g/mol. The molecule has 0 saturated carbocycles. The lowest BCUT2D eigenvalue weighted by atomic mass is 9.57. The molecule has 0 bridgehead atoms. The van der Waals surface area contributed by atoms with Crippen LogP contribution in [-0.4, -0.2) is 36.6 Å². The van der Waals surface area contributed by atoms with Gasteiger partial charge in [0.25, 0.3) is 0 Å². The Morgan fingerprint density at radius 1 is 0.500 bits per heavy atom. The van der Waals surface area contributed by atoms with Crippen LogP contribution >= 0.6 is 0 Å². The standard InChI is InChI=1S/C28H38B2O4/c1-25(2)19-26(3,4)32-29(31-25)23(21-15-11-9-12-16-21)24(22-17-13-10-14-18-22)30-33-27(5,6)20-28(7,8)34-30/h9-18H,19-20H2,1-8H3. The van der Waals surface area contributed by atoms with E-state index in [1.165, 1.54) is 0 Å². The summed E-state index contributed by atoms with van der Waals surface area (Å²) in [6.45, 7) is 17.1. The topological polar surface area (TPSA) is 36.9 Å². The molecule has 2 fully saturated rings. The van der Waals surface area contributed by atoms with Crippen molar-refractivity contribution >= 4 is 25.2 Å². The first-order chi connectivity index (χ1) is 15.8. The van der Waals surface area contributed by atoms with Gasteiger partial charge in [-0.05, 0) is 77.5 Å². The van der Waals surface area contributed by atoms with Gasteiger partial charge in [-0.1, -0.05) is 60.7 Å². The first-order valence-electron chi connectivity index (χ1n) is 12.3. The van der Waals surface area contributed by atoms with Gasteiger partial charge < -0.3 is 18.6 Å². The molecule has 2 aromatic carbocycles. The minimum absolute atomic E-state index is 0.346. The van der Waals surface area contributed by atoms with E-state index in [0.717, 1.165) is 34.9 Å². The Morgan fingerprint density at radius 2 is 0.765 bits per heavy atom. The molecule has 2 heterocycles. The molecule has 2 aromatic rings. The fraction of sp³-hybridized carbons (Fsp3) is 0.500. The highest BCUT2D eigenvalue weighted by Gasteiger charge is 2.50. The maximum absolute atomic E-state index is 6.63. The second kappa shape index (κ2) is 8.98. The van der Waals surface area contributed by atoms with E-state index in [1.807, 2.05) is 36.4 Å². The highest BCUT2D eigenvalue weighted by atomic mass is 16.6. The zero-order chi connectivity index (χ0) is 24.8. The van der Waals surface area contributed by atoms with Crippen molar-refractivity contribution in [3.8, 4) is 0 Å². The Kier molecular flexibility index (Phi) is 6.67. The van der Waals surface area contributed by atoms with E-state index < -0.39 is 14.2 Å². The van der Waals surface area contributed by atoms with Crippen molar-refractivity contribution in [2.75, 3.05) is 0 Å². The first-order valence-corrected chi connectivity index (χ1v) is 12.3. The van der Waals surface area contributed by atoms with Gasteiger partial charge in [0.15, 0.2) is 0 Å². The Balaban J connectivity index is 1.98. The normalized spacial score (nSPS) is 23.9. The fourth-order valence-electron chi connectivity index (χ4n) is 5.73. The van der Waals surface area contributed by atoms with Crippen molar-refractivity contribution in [1.82, 2.24) is 0 Å². The summed E-state index contributed by atoms with van der Waals surface area (Å²) in [7, 11) is -1.14. The van der Waals surface area contributed by atoms with Crippen LogP contribution in [0.25, 0.3) is 10.9 Å². The van der Waals surface area contributed by atoms with E-state index in [1.54, 1.807) is 0 Å². The molecule has 180 valence electrons. The van der Waals surface area contributed by atoms with Gasteiger partial charge >= 0.3 is 14.2 Å². The van der Waals surface area contributed by atoms with Crippen molar-refractivity contribution in [3.05, 3.63) is 71.8 Å². The van der Waals surface area contributed by atoms with Gasteiger partial charge in [0.1, 0.15) is 0 Å². The lowest BCUT2D eigenvalue weighted by molar-refractivity contribution is -0.0733. The van der Waals surface area contributed by atoms with Crippen LogP contribution in [0, 0.1) is 0 Å². The quantitative estimate of drug-likeness (QED) is 0.379. The molecule has 0 aliphatic carbocycles. The maximum atomic E-state index is 6.63. The minimum Gasteiger partial charge on any atom is -0.402 e. The van der Waals surface area contributed by atoms with Crippen molar-refractivity contribution in [2.45, 2.75) is 90.6 Å². The zero-order valence-corrected chi connectivity index (χ0v) is 22.0. The summed E-state index contributed by atoms with van der Waals surface area (Å²) in [5.41, 5.74) is 2.59. The molecular weight excluding hydrogens is 422 g/mol. The molecule has 0 spiro atoms. The van der Waals surface area contributed by atoms with Crippen molar-refractivity contribution in [3.63, 3.8) is 0 Å². The SMILES string of the molecule is CC1(C)CC(C)(C)OB(C(=C(B2OC(C)(C)CC(C)(C)O2)c2ccccc2)c2ccccc2)O1. The maximum Gasteiger partial charge on any atom is 0.494 e. The third kappa shape index (κ3) is 5.85. The van der Waals surface area contributed by atoms with Crippen LogP contribution in [0.2, 0.25) is 0 Å². The van der Waals surface area contributed by atoms with Gasteiger partial charge in [-0.3, -0.25) is 0 Å². The van der Waals surface area contributed by atoms with Gasteiger partial charge in [0.05, 0.1) is 22.4 Å². The van der Waals surface area contributed by atoms with Crippen molar-refractivity contribution < 1.29 is 18.6 Å². The van der Waals surface area contributed by atoms with E-state index in [0.29, 0.717) is 0 Å². The zero-order valence-electron chi connectivity index (χ0n) is 22.0. The average Bonchev–Trinajstić information content (AvgIpc) is 2.68. The molecule has 0 N–H and O–H groups in total. The molecule has 0 radical (unpaired) electrons. The van der Waals surface area contributed by atoms with Crippen molar-refractivity contribution in [2.24, 2.45) is 0 Å². The second-order valence-corrected chi connectivity index (χ2v) is 12.1. The summed E-state index contributed by atoms with van der Waals surface area (Å²) >= 11 is 0. The van der Waals surface area contributed by atoms with Gasteiger partial charge in [-0.15, -0.1) is 0 Å². The van der Waals surface area contributed by atoms with Crippen molar-refractivity contribution in [1.29, 1.82) is 0 Å². The molecule has 2 aliphatic heterocycles. The lowest BCUT2D eigenvalue weighted by Crippen LogP contribution is -2.54. The van der Waals surface area contributed by atoms with Crippen LogP contribution in [0.15, 0.2) is 60.7 Å². The molecule has 4 nitrogen and oxygen atoms in total. The van der Waals surface area contributed by atoms with Gasteiger partial charge in [-0.2, -0.15) is 0 Å². The minimum atomic E-state index is -0.572. The predicted molar refractivity (Wildman–Crippen MR) is 141 cm³/mol. The van der Waals surface area contributed by atoms with Crippen LogP contribution < -0.4 is 0 Å². The summed E-state index contributed by atoms with van der Waals surface area (Å²) in [5, 5.41) is 0. The summed E-state index contributed by atoms with van der Waals surface area (Å²) < 4.78 is 26.5. The Morgan fingerprint density at radius 3 is 1.03 bits per heavy atom. The lowest BCUT2D eigenvalue weighted by Gasteiger charge is -2.47. The summed E-state index contributed by atoms with van der Waals surface area (Å²) in [4.78, 5) is 0. The van der Waals surface area contributed by atoms with E-state index in [9.17, 15) is 0 Å². The molecule has 0 aromatic heterocycles. The fourth-order valence-corrected chi connectivity index (χ4v) is 5.73. The molecule has 4 rings (SSSR count). The summed E-state index contributed by atoms with van der Waals surface area (Å²) in [5.74, 6) is 0. The third-order valence-electron chi connectivity index (χ3n) is 6.34. The third-order valence-corrected chi connectivity index (χ3v) is 6.34. The smallest absolute Gasteiger partial charge is 0.402 e. The van der Waals surface area contributed by atoms with Crippen LogP contribution in [0.4, 0.5) is 0 Å². The predicted octanol–water partition coefficient (Wildman–Crippen LogP) is 6.64.